The molecule has 0 spiro atoms. The van der Waals surface area contributed by atoms with Crippen molar-refractivity contribution in [1.82, 2.24) is 4.98 Å². The molecule has 1 fully saturated rings. The SMILES string of the molecule is O=S(=O)(Nc1ccc(NC2CCCC2)cn1)c1ccc2c(c1)CCCC2. The Kier molecular flexibility index (Phi) is 4.85. The number of sulfonamides is 1. The molecule has 0 unspecified atom stereocenters. The molecule has 2 N–H and O–H groups in total. The van der Waals surface area contributed by atoms with Crippen molar-refractivity contribution in [1.29, 1.82) is 0 Å². The molecule has 6 heteroatoms. The molecule has 2 aliphatic carbocycles. The van der Waals surface area contributed by atoms with Crippen LogP contribution in [0.2, 0.25) is 0 Å². The predicted octanol–water partition coefficient (Wildman–Crippen LogP) is 4.12. The van der Waals surface area contributed by atoms with Crippen LogP contribution in [0.4, 0.5) is 11.5 Å². The fourth-order valence-electron chi connectivity index (χ4n) is 3.92. The number of aromatic nitrogens is 1. The molecule has 1 aromatic heterocycles. The highest BCUT2D eigenvalue weighted by Gasteiger charge is 2.19. The molecule has 1 aromatic carbocycles. The van der Waals surface area contributed by atoms with Gasteiger partial charge in [0.05, 0.1) is 16.8 Å². The second-order valence-corrected chi connectivity index (χ2v) is 8.98. The first-order chi connectivity index (χ1) is 12.6. The van der Waals surface area contributed by atoms with Gasteiger partial charge in [0, 0.05) is 6.04 Å². The number of anilines is 2. The Morgan fingerprint density at radius 1 is 0.923 bits per heavy atom. The Hall–Kier alpha value is -2.08. The van der Waals surface area contributed by atoms with E-state index in [9.17, 15) is 8.42 Å². The molecule has 2 aromatic rings. The maximum absolute atomic E-state index is 12.7. The minimum Gasteiger partial charge on any atom is -0.381 e. The average Bonchev–Trinajstić information content (AvgIpc) is 3.16. The molecule has 1 heterocycles. The third-order valence-electron chi connectivity index (χ3n) is 5.36. The lowest BCUT2D eigenvalue weighted by atomic mass is 9.92. The number of rotatable bonds is 5. The summed E-state index contributed by atoms with van der Waals surface area (Å²) in [5, 5.41) is 3.46. The summed E-state index contributed by atoms with van der Waals surface area (Å²) in [4.78, 5) is 4.58. The third kappa shape index (κ3) is 3.85. The zero-order chi connectivity index (χ0) is 18.0. The van der Waals surface area contributed by atoms with Crippen molar-refractivity contribution in [2.24, 2.45) is 0 Å². The molecule has 4 rings (SSSR count). The van der Waals surface area contributed by atoms with Gasteiger partial charge in [0.25, 0.3) is 10.0 Å². The van der Waals surface area contributed by atoms with Crippen molar-refractivity contribution >= 4 is 21.5 Å². The second-order valence-electron chi connectivity index (χ2n) is 7.30. The Labute approximate surface area is 155 Å². The molecule has 0 bridgehead atoms. The number of hydrogen-bond acceptors (Lipinski definition) is 4. The molecule has 0 saturated heterocycles. The number of nitrogens with one attached hydrogen (secondary N) is 2. The number of aryl methyl sites for hydroxylation is 2. The van der Waals surface area contributed by atoms with Gasteiger partial charge in [0.2, 0.25) is 0 Å². The predicted molar refractivity (Wildman–Crippen MR) is 104 cm³/mol. The van der Waals surface area contributed by atoms with E-state index in [1.165, 1.54) is 37.7 Å². The lowest BCUT2D eigenvalue weighted by molar-refractivity contribution is 0.600. The quantitative estimate of drug-likeness (QED) is 0.829. The second kappa shape index (κ2) is 7.27. The van der Waals surface area contributed by atoms with E-state index in [4.69, 9.17) is 0 Å². The van der Waals surface area contributed by atoms with Crippen LogP contribution in [0.5, 0.6) is 0 Å². The molecular weight excluding hydrogens is 346 g/mol. The van der Waals surface area contributed by atoms with Gasteiger partial charge in [-0.1, -0.05) is 18.9 Å². The fourth-order valence-corrected chi connectivity index (χ4v) is 4.98. The molecule has 2 aliphatic rings. The van der Waals surface area contributed by atoms with Crippen LogP contribution in [0.25, 0.3) is 0 Å². The van der Waals surface area contributed by atoms with Gasteiger partial charge in [-0.25, -0.2) is 13.4 Å². The highest BCUT2D eigenvalue weighted by atomic mass is 32.2. The summed E-state index contributed by atoms with van der Waals surface area (Å²) < 4.78 is 28.0. The Balaban J connectivity index is 1.47. The number of pyridine rings is 1. The van der Waals surface area contributed by atoms with Crippen LogP contribution in [0, 0.1) is 0 Å². The van der Waals surface area contributed by atoms with Gasteiger partial charge in [-0.05, 0) is 73.9 Å². The van der Waals surface area contributed by atoms with Gasteiger partial charge in [0.15, 0.2) is 0 Å². The van der Waals surface area contributed by atoms with Crippen LogP contribution in [0.1, 0.15) is 49.7 Å². The van der Waals surface area contributed by atoms with Crippen LogP contribution in [-0.4, -0.2) is 19.4 Å². The van der Waals surface area contributed by atoms with E-state index in [2.05, 4.69) is 15.0 Å². The van der Waals surface area contributed by atoms with Gasteiger partial charge in [0.1, 0.15) is 5.82 Å². The van der Waals surface area contributed by atoms with Gasteiger partial charge in [-0.3, -0.25) is 4.72 Å². The van der Waals surface area contributed by atoms with Crippen molar-refractivity contribution in [3.8, 4) is 0 Å². The summed E-state index contributed by atoms with van der Waals surface area (Å²) in [6.07, 6.45) is 10.9. The van der Waals surface area contributed by atoms with Crippen LogP contribution >= 0.6 is 0 Å². The van der Waals surface area contributed by atoms with Crippen molar-refractivity contribution in [3.63, 3.8) is 0 Å². The van der Waals surface area contributed by atoms with E-state index < -0.39 is 10.0 Å². The van der Waals surface area contributed by atoms with E-state index in [1.807, 2.05) is 18.2 Å². The van der Waals surface area contributed by atoms with Gasteiger partial charge in [-0.15, -0.1) is 0 Å². The molecule has 26 heavy (non-hydrogen) atoms. The molecular formula is C20H25N3O2S. The minimum absolute atomic E-state index is 0.313. The number of benzene rings is 1. The Morgan fingerprint density at radius 2 is 1.69 bits per heavy atom. The Morgan fingerprint density at radius 3 is 2.42 bits per heavy atom. The number of nitrogens with zero attached hydrogens (tertiary/aromatic N) is 1. The minimum atomic E-state index is -3.61. The molecule has 0 amide bonds. The first-order valence-corrected chi connectivity index (χ1v) is 11.0. The van der Waals surface area contributed by atoms with Crippen LogP contribution in [-0.2, 0) is 22.9 Å². The lowest BCUT2D eigenvalue weighted by Gasteiger charge is -2.17. The van der Waals surface area contributed by atoms with Gasteiger partial charge < -0.3 is 5.32 Å². The van der Waals surface area contributed by atoms with E-state index in [-0.39, 0.29) is 0 Å². The highest BCUT2D eigenvalue weighted by Crippen LogP contribution is 2.26. The zero-order valence-corrected chi connectivity index (χ0v) is 15.7. The number of hydrogen-bond donors (Lipinski definition) is 2. The van der Waals surface area contributed by atoms with Crippen LogP contribution < -0.4 is 10.0 Å². The molecule has 0 atom stereocenters. The summed E-state index contributed by atoms with van der Waals surface area (Å²) in [6.45, 7) is 0. The lowest BCUT2D eigenvalue weighted by Crippen LogP contribution is -2.16. The molecule has 5 nitrogen and oxygen atoms in total. The van der Waals surface area contributed by atoms with E-state index in [1.54, 1.807) is 18.3 Å². The summed E-state index contributed by atoms with van der Waals surface area (Å²) in [7, 11) is -3.61. The van der Waals surface area contributed by atoms with Gasteiger partial charge >= 0.3 is 0 Å². The standard InChI is InChI=1S/C20H25N3O2S/c24-26(25,19-11-9-15-5-1-2-6-16(15)13-19)23-20-12-10-18(14-21-20)22-17-7-3-4-8-17/h9-14,17,22H,1-8H2,(H,21,23). The zero-order valence-electron chi connectivity index (χ0n) is 14.9. The third-order valence-corrected chi connectivity index (χ3v) is 6.71. The van der Waals surface area contributed by atoms with E-state index >= 15 is 0 Å². The molecule has 1 saturated carbocycles. The van der Waals surface area contributed by atoms with E-state index in [0.29, 0.717) is 16.8 Å². The first kappa shape index (κ1) is 17.3. The first-order valence-electron chi connectivity index (χ1n) is 9.47. The van der Waals surface area contributed by atoms with Crippen LogP contribution in [0.3, 0.4) is 0 Å². The summed E-state index contributed by atoms with van der Waals surface area (Å²) in [6, 6.07) is 9.57. The highest BCUT2D eigenvalue weighted by molar-refractivity contribution is 7.92. The Bertz CT molecular complexity index is 872. The van der Waals surface area contributed by atoms with Crippen molar-refractivity contribution in [3.05, 3.63) is 47.7 Å². The molecule has 0 aliphatic heterocycles. The maximum Gasteiger partial charge on any atom is 0.263 e. The number of fused-ring (bicyclic) bond motifs is 1. The molecule has 0 radical (unpaired) electrons. The van der Waals surface area contributed by atoms with Crippen molar-refractivity contribution in [2.75, 3.05) is 10.0 Å². The smallest absolute Gasteiger partial charge is 0.263 e. The normalized spacial score (nSPS) is 17.7. The monoisotopic (exact) mass is 371 g/mol. The van der Waals surface area contributed by atoms with Crippen molar-refractivity contribution < 1.29 is 8.42 Å². The fraction of sp³-hybridized carbons (Fsp3) is 0.450. The summed E-state index contributed by atoms with van der Waals surface area (Å²) in [5.74, 6) is 0.347. The topological polar surface area (TPSA) is 71.1 Å². The average molecular weight is 372 g/mol. The van der Waals surface area contributed by atoms with E-state index in [0.717, 1.165) is 30.5 Å². The van der Waals surface area contributed by atoms with Crippen LogP contribution in [0.15, 0.2) is 41.4 Å². The van der Waals surface area contributed by atoms with Crippen molar-refractivity contribution in [2.45, 2.75) is 62.3 Å². The summed E-state index contributed by atoms with van der Waals surface area (Å²) in [5.41, 5.74) is 3.37. The maximum atomic E-state index is 12.7. The largest absolute Gasteiger partial charge is 0.381 e. The van der Waals surface area contributed by atoms with Gasteiger partial charge in [-0.2, -0.15) is 0 Å². The summed E-state index contributed by atoms with van der Waals surface area (Å²) >= 11 is 0. The molecule has 138 valence electrons.